The van der Waals surface area contributed by atoms with Gasteiger partial charge < -0.3 is 24.4 Å². The van der Waals surface area contributed by atoms with E-state index in [2.05, 4.69) is 5.32 Å². The number of fused-ring (bicyclic) bond motifs is 1. The Bertz CT molecular complexity index is 1170. The van der Waals surface area contributed by atoms with Gasteiger partial charge in [-0.3, -0.25) is 4.79 Å². The maximum atomic E-state index is 13.4. The molecule has 1 aliphatic heterocycles. The van der Waals surface area contributed by atoms with E-state index in [4.69, 9.17) is 14.2 Å². The van der Waals surface area contributed by atoms with Crippen LogP contribution >= 0.6 is 0 Å². The number of carbonyl (C=O) groups excluding carboxylic acids is 2. The average Bonchev–Trinajstić information content (AvgIpc) is 2.93. The molecule has 0 saturated carbocycles. The Labute approximate surface area is 212 Å². The Balaban J connectivity index is 1.39. The van der Waals surface area contributed by atoms with E-state index < -0.39 is 6.09 Å². The zero-order chi connectivity index (χ0) is 25.3. The minimum Gasteiger partial charge on any atom is -0.493 e. The van der Waals surface area contributed by atoms with Crippen molar-refractivity contribution in [3.05, 3.63) is 95.1 Å². The van der Waals surface area contributed by atoms with Gasteiger partial charge in [0.2, 0.25) is 5.91 Å². The Kier molecular flexibility index (Phi) is 8.44. The van der Waals surface area contributed by atoms with Crippen molar-refractivity contribution in [3.8, 4) is 11.5 Å². The lowest BCUT2D eigenvalue weighted by Gasteiger charge is -2.38. The second-order valence-electron chi connectivity index (χ2n) is 8.65. The number of rotatable bonds is 9. The number of alkyl carbamates (subject to hydrolysis) is 1. The summed E-state index contributed by atoms with van der Waals surface area (Å²) in [5.74, 6) is 1.38. The van der Waals surface area contributed by atoms with Gasteiger partial charge in [0.1, 0.15) is 6.61 Å². The largest absolute Gasteiger partial charge is 0.493 e. The molecule has 2 amide bonds. The molecule has 0 bridgehead atoms. The lowest BCUT2D eigenvalue weighted by Crippen LogP contribution is -2.41. The minimum absolute atomic E-state index is 0.0451. The summed E-state index contributed by atoms with van der Waals surface area (Å²) in [5.41, 5.74) is 4.16. The van der Waals surface area contributed by atoms with Crippen molar-refractivity contribution in [1.29, 1.82) is 0 Å². The first-order valence-corrected chi connectivity index (χ1v) is 12.1. The molecular weight excluding hydrogens is 456 g/mol. The number of hydrogen-bond acceptors (Lipinski definition) is 5. The van der Waals surface area contributed by atoms with Gasteiger partial charge in [-0.2, -0.15) is 0 Å². The fourth-order valence-corrected chi connectivity index (χ4v) is 4.56. The number of methoxy groups -OCH3 is 2. The normalized spacial score (nSPS) is 14.5. The van der Waals surface area contributed by atoms with Gasteiger partial charge >= 0.3 is 6.09 Å². The van der Waals surface area contributed by atoms with Crippen molar-refractivity contribution < 1.29 is 23.8 Å². The van der Waals surface area contributed by atoms with E-state index in [1.165, 1.54) is 0 Å². The van der Waals surface area contributed by atoms with Crippen LogP contribution in [-0.4, -0.2) is 44.2 Å². The van der Waals surface area contributed by atoms with Crippen LogP contribution in [0.15, 0.2) is 72.8 Å². The molecule has 1 unspecified atom stereocenters. The SMILES string of the molecule is COc1cc2c(cc1OC)C(c1ccccc1)N(C(=O)CCCNC(=O)OCc1ccccc1)CC2. The van der Waals surface area contributed by atoms with Crippen LogP contribution in [0.25, 0.3) is 0 Å². The fraction of sp³-hybridized carbons (Fsp3) is 0.310. The zero-order valence-corrected chi connectivity index (χ0v) is 20.7. The predicted octanol–water partition coefficient (Wildman–Crippen LogP) is 4.88. The Hall–Kier alpha value is -4.00. The number of ether oxygens (including phenoxy) is 3. The quantitative estimate of drug-likeness (QED) is 0.434. The van der Waals surface area contributed by atoms with Gasteiger partial charge in [-0.25, -0.2) is 4.79 Å². The van der Waals surface area contributed by atoms with Crippen LogP contribution in [0.5, 0.6) is 11.5 Å². The molecule has 188 valence electrons. The molecule has 0 spiro atoms. The van der Waals surface area contributed by atoms with Crippen LogP contribution in [0.3, 0.4) is 0 Å². The third-order valence-corrected chi connectivity index (χ3v) is 6.36. The monoisotopic (exact) mass is 488 g/mol. The third kappa shape index (κ3) is 5.97. The van der Waals surface area contributed by atoms with Crippen LogP contribution in [0, 0.1) is 0 Å². The lowest BCUT2D eigenvalue weighted by atomic mass is 9.87. The molecule has 7 nitrogen and oxygen atoms in total. The summed E-state index contributed by atoms with van der Waals surface area (Å²) in [7, 11) is 3.24. The number of hydrogen-bond donors (Lipinski definition) is 1. The predicted molar refractivity (Wildman–Crippen MR) is 137 cm³/mol. The second kappa shape index (κ2) is 12.1. The lowest BCUT2D eigenvalue weighted by molar-refractivity contribution is -0.133. The molecule has 0 saturated heterocycles. The number of amides is 2. The molecule has 1 aliphatic rings. The Morgan fingerprint density at radius 1 is 0.944 bits per heavy atom. The van der Waals surface area contributed by atoms with Crippen molar-refractivity contribution in [3.63, 3.8) is 0 Å². The van der Waals surface area contributed by atoms with Gasteiger partial charge in [0.25, 0.3) is 0 Å². The van der Waals surface area contributed by atoms with Crippen molar-refractivity contribution in [2.24, 2.45) is 0 Å². The Morgan fingerprint density at radius 3 is 2.31 bits per heavy atom. The van der Waals surface area contributed by atoms with E-state index in [1.807, 2.05) is 77.7 Å². The highest BCUT2D eigenvalue weighted by molar-refractivity contribution is 5.78. The molecule has 36 heavy (non-hydrogen) atoms. The molecule has 0 aliphatic carbocycles. The summed E-state index contributed by atoms with van der Waals surface area (Å²) in [6, 6.07) is 23.3. The molecule has 1 heterocycles. The van der Waals surface area contributed by atoms with Crippen molar-refractivity contribution in [2.75, 3.05) is 27.3 Å². The standard InChI is InChI=1S/C29H32N2O5/c1-34-25-18-23-15-17-31(28(22-12-7-4-8-13-22)24(23)19-26(25)35-2)27(32)14-9-16-30-29(33)36-20-21-10-5-3-6-11-21/h3-8,10-13,18-19,28H,9,14-17,20H2,1-2H3,(H,30,33). The molecule has 1 N–H and O–H groups in total. The first kappa shape index (κ1) is 25.1. The van der Waals surface area contributed by atoms with Crippen molar-refractivity contribution in [1.82, 2.24) is 10.2 Å². The summed E-state index contributed by atoms with van der Waals surface area (Å²) in [6.45, 7) is 1.18. The molecule has 0 aromatic heterocycles. The molecule has 0 fully saturated rings. The van der Waals surface area contributed by atoms with Crippen LogP contribution in [0.1, 0.15) is 41.1 Å². The smallest absolute Gasteiger partial charge is 0.407 e. The molecule has 3 aromatic carbocycles. The Morgan fingerprint density at radius 2 is 1.61 bits per heavy atom. The molecule has 1 atom stereocenters. The first-order valence-electron chi connectivity index (χ1n) is 12.1. The number of carbonyl (C=O) groups is 2. The average molecular weight is 489 g/mol. The highest BCUT2D eigenvalue weighted by atomic mass is 16.5. The van der Waals surface area contributed by atoms with E-state index in [9.17, 15) is 9.59 Å². The summed E-state index contributed by atoms with van der Waals surface area (Å²) in [5, 5.41) is 2.74. The van der Waals surface area contributed by atoms with Gasteiger partial charge in [0.15, 0.2) is 11.5 Å². The molecular formula is C29H32N2O5. The van der Waals surface area contributed by atoms with Gasteiger partial charge in [-0.15, -0.1) is 0 Å². The number of nitrogens with one attached hydrogen (secondary N) is 1. The van der Waals surface area contributed by atoms with Gasteiger partial charge in [0.05, 0.1) is 20.3 Å². The van der Waals surface area contributed by atoms with E-state index in [0.717, 1.165) is 28.7 Å². The highest BCUT2D eigenvalue weighted by Gasteiger charge is 2.33. The maximum Gasteiger partial charge on any atom is 0.407 e. The van der Waals surface area contributed by atoms with Crippen molar-refractivity contribution in [2.45, 2.75) is 31.9 Å². The van der Waals surface area contributed by atoms with E-state index in [0.29, 0.717) is 37.4 Å². The van der Waals surface area contributed by atoms with Crippen LogP contribution < -0.4 is 14.8 Å². The van der Waals surface area contributed by atoms with Crippen LogP contribution in [0.4, 0.5) is 4.79 Å². The van der Waals surface area contributed by atoms with Gasteiger partial charge in [-0.05, 0) is 47.2 Å². The number of nitrogens with zero attached hydrogens (tertiary/aromatic N) is 1. The number of benzene rings is 3. The third-order valence-electron chi connectivity index (χ3n) is 6.36. The summed E-state index contributed by atoms with van der Waals surface area (Å²) < 4.78 is 16.3. The molecule has 3 aromatic rings. The van der Waals surface area contributed by atoms with Gasteiger partial charge in [0, 0.05) is 19.5 Å². The van der Waals surface area contributed by atoms with Crippen molar-refractivity contribution >= 4 is 12.0 Å². The van der Waals surface area contributed by atoms with E-state index >= 15 is 0 Å². The summed E-state index contributed by atoms with van der Waals surface area (Å²) in [4.78, 5) is 27.3. The highest BCUT2D eigenvalue weighted by Crippen LogP contribution is 2.41. The zero-order valence-electron chi connectivity index (χ0n) is 20.7. The molecule has 7 heteroatoms. The summed E-state index contributed by atoms with van der Waals surface area (Å²) in [6.07, 6.45) is 1.09. The topological polar surface area (TPSA) is 77.1 Å². The maximum absolute atomic E-state index is 13.4. The molecule has 0 radical (unpaired) electrons. The van der Waals surface area contributed by atoms with Crippen LogP contribution in [-0.2, 0) is 22.6 Å². The van der Waals surface area contributed by atoms with E-state index in [-0.39, 0.29) is 18.6 Å². The van der Waals surface area contributed by atoms with Crippen LogP contribution in [0.2, 0.25) is 0 Å². The molecule has 4 rings (SSSR count). The van der Waals surface area contributed by atoms with Gasteiger partial charge in [-0.1, -0.05) is 60.7 Å². The van der Waals surface area contributed by atoms with E-state index in [1.54, 1.807) is 14.2 Å². The first-order chi connectivity index (χ1) is 17.6. The minimum atomic E-state index is -0.485. The fourth-order valence-electron chi connectivity index (χ4n) is 4.56. The summed E-state index contributed by atoms with van der Waals surface area (Å²) >= 11 is 0. The second-order valence-corrected chi connectivity index (χ2v) is 8.65.